The maximum absolute atomic E-state index is 12.1. The largest absolute Gasteiger partial charge is 0.496 e. The lowest BCUT2D eigenvalue weighted by Gasteiger charge is -2.31. The molecule has 6 heteroatoms. The number of methoxy groups -OCH3 is 1. The van der Waals surface area contributed by atoms with Crippen molar-refractivity contribution in [2.45, 2.75) is 26.2 Å². The molecule has 2 aromatic rings. The first-order chi connectivity index (χ1) is 12.7. The lowest BCUT2D eigenvalue weighted by molar-refractivity contribution is -0.125. The molecule has 0 unspecified atom stereocenters. The minimum atomic E-state index is 0.110. The van der Waals surface area contributed by atoms with Crippen molar-refractivity contribution in [2.75, 3.05) is 31.6 Å². The Balaban J connectivity index is 1.62. The third-order valence-corrected chi connectivity index (χ3v) is 4.77. The molecule has 1 aliphatic rings. The van der Waals surface area contributed by atoms with Crippen LogP contribution in [0.1, 0.15) is 26.2 Å². The molecule has 0 saturated carbocycles. The monoisotopic (exact) mass is 354 g/mol. The zero-order chi connectivity index (χ0) is 18.4. The first-order valence-corrected chi connectivity index (χ1v) is 9.22. The second-order valence-corrected chi connectivity index (χ2v) is 6.53. The van der Waals surface area contributed by atoms with E-state index in [-0.39, 0.29) is 11.8 Å². The summed E-state index contributed by atoms with van der Waals surface area (Å²) in [7, 11) is 1.65. The van der Waals surface area contributed by atoms with Crippen molar-refractivity contribution in [2.24, 2.45) is 5.92 Å². The number of benzene rings is 1. The molecule has 3 rings (SSSR count). The van der Waals surface area contributed by atoms with Crippen LogP contribution in [0.25, 0.3) is 11.3 Å². The summed E-state index contributed by atoms with van der Waals surface area (Å²) in [6.07, 6.45) is 2.68. The van der Waals surface area contributed by atoms with Gasteiger partial charge in [0.25, 0.3) is 0 Å². The molecule has 0 radical (unpaired) electrons. The molecule has 1 N–H and O–H groups in total. The van der Waals surface area contributed by atoms with Gasteiger partial charge in [-0.3, -0.25) is 4.79 Å². The predicted molar refractivity (Wildman–Crippen MR) is 102 cm³/mol. The molecule has 0 aliphatic carbocycles. The maximum Gasteiger partial charge on any atom is 0.223 e. The summed E-state index contributed by atoms with van der Waals surface area (Å²) in [5.41, 5.74) is 1.72. The van der Waals surface area contributed by atoms with E-state index in [0.717, 1.165) is 61.7 Å². The number of rotatable bonds is 6. The van der Waals surface area contributed by atoms with Crippen molar-refractivity contribution in [1.29, 1.82) is 0 Å². The first-order valence-electron chi connectivity index (χ1n) is 9.22. The summed E-state index contributed by atoms with van der Waals surface area (Å²) in [4.78, 5) is 14.3. The van der Waals surface area contributed by atoms with Crippen molar-refractivity contribution in [1.82, 2.24) is 15.5 Å². The number of nitrogens with one attached hydrogen (secondary N) is 1. The maximum atomic E-state index is 12.1. The molecule has 2 heterocycles. The van der Waals surface area contributed by atoms with Gasteiger partial charge in [0.05, 0.1) is 12.8 Å². The fraction of sp³-hybridized carbons (Fsp3) is 0.450. The SMILES string of the molecule is CCCNC(=O)C1CCN(c2ccc(-c3ccccc3OC)nn2)CC1. The lowest BCUT2D eigenvalue weighted by atomic mass is 9.96. The minimum absolute atomic E-state index is 0.110. The highest BCUT2D eigenvalue weighted by molar-refractivity contribution is 5.79. The smallest absolute Gasteiger partial charge is 0.223 e. The molecule has 26 heavy (non-hydrogen) atoms. The molecule has 6 nitrogen and oxygen atoms in total. The van der Waals surface area contributed by atoms with Crippen molar-refractivity contribution < 1.29 is 9.53 Å². The van der Waals surface area contributed by atoms with Crippen LogP contribution >= 0.6 is 0 Å². The van der Waals surface area contributed by atoms with E-state index >= 15 is 0 Å². The van der Waals surface area contributed by atoms with E-state index in [2.05, 4.69) is 27.3 Å². The lowest BCUT2D eigenvalue weighted by Crippen LogP contribution is -2.41. The molecule has 0 bridgehead atoms. The zero-order valence-electron chi connectivity index (χ0n) is 15.4. The predicted octanol–water partition coefficient (Wildman–Crippen LogP) is 2.89. The highest BCUT2D eigenvalue weighted by atomic mass is 16.5. The first kappa shape index (κ1) is 18.2. The van der Waals surface area contributed by atoms with Gasteiger partial charge in [0.2, 0.25) is 5.91 Å². The standard InChI is InChI=1S/C20H26N4O2/c1-3-12-21-20(25)15-10-13-24(14-11-15)19-9-8-17(22-23-19)16-6-4-5-7-18(16)26-2/h4-9,15H,3,10-14H2,1-2H3,(H,21,25). The topological polar surface area (TPSA) is 67.4 Å². The second-order valence-electron chi connectivity index (χ2n) is 6.53. The number of piperidine rings is 1. The van der Waals surface area contributed by atoms with E-state index in [1.807, 2.05) is 36.4 Å². The molecule has 0 atom stereocenters. The van der Waals surface area contributed by atoms with Crippen molar-refractivity contribution >= 4 is 11.7 Å². The number of hydrogen-bond donors (Lipinski definition) is 1. The van der Waals surface area contributed by atoms with Crippen molar-refractivity contribution in [3.8, 4) is 17.0 Å². The van der Waals surface area contributed by atoms with Gasteiger partial charge < -0.3 is 15.0 Å². The van der Waals surface area contributed by atoms with Crippen LogP contribution in [0.4, 0.5) is 5.82 Å². The van der Waals surface area contributed by atoms with Crippen LogP contribution in [0, 0.1) is 5.92 Å². The molecule has 138 valence electrons. The highest BCUT2D eigenvalue weighted by Crippen LogP contribution is 2.29. The summed E-state index contributed by atoms with van der Waals surface area (Å²) in [6, 6.07) is 11.8. The Bertz CT molecular complexity index is 725. The Morgan fingerprint density at radius 1 is 1.19 bits per heavy atom. The molecular formula is C20H26N4O2. The molecule has 1 aromatic carbocycles. The second kappa shape index (κ2) is 8.65. The molecule has 1 aliphatic heterocycles. The molecule has 0 spiro atoms. The third-order valence-electron chi connectivity index (χ3n) is 4.77. The molecule has 1 aromatic heterocycles. The number of carbonyl (C=O) groups excluding carboxylic acids is 1. The Labute approximate surface area is 154 Å². The molecule has 1 amide bonds. The van der Waals surface area contributed by atoms with Crippen molar-refractivity contribution in [3.05, 3.63) is 36.4 Å². The van der Waals surface area contributed by atoms with Gasteiger partial charge in [0, 0.05) is 31.1 Å². The van der Waals surface area contributed by atoms with Crippen LogP contribution in [-0.2, 0) is 4.79 Å². The van der Waals surface area contributed by atoms with Crippen LogP contribution < -0.4 is 15.0 Å². The molecular weight excluding hydrogens is 328 g/mol. The minimum Gasteiger partial charge on any atom is -0.496 e. The number of carbonyl (C=O) groups is 1. The number of nitrogens with zero attached hydrogens (tertiary/aromatic N) is 3. The van der Waals surface area contributed by atoms with E-state index in [0.29, 0.717) is 0 Å². The van der Waals surface area contributed by atoms with Gasteiger partial charge in [-0.1, -0.05) is 19.1 Å². The fourth-order valence-electron chi connectivity index (χ4n) is 3.26. The Hall–Kier alpha value is -2.63. The van der Waals surface area contributed by atoms with Crippen molar-refractivity contribution in [3.63, 3.8) is 0 Å². The number of ether oxygens (including phenoxy) is 1. The van der Waals surface area contributed by atoms with Gasteiger partial charge in [-0.25, -0.2) is 0 Å². The molecule has 1 fully saturated rings. The van der Waals surface area contributed by atoms with Crippen LogP contribution in [0.5, 0.6) is 5.75 Å². The van der Waals surface area contributed by atoms with Gasteiger partial charge in [-0.05, 0) is 43.5 Å². The Kier molecular flexibility index (Phi) is 6.04. The van der Waals surface area contributed by atoms with E-state index in [1.165, 1.54) is 0 Å². The summed E-state index contributed by atoms with van der Waals surface area (Å²) in [5, 5.41) is 11.8. The number of aromatic nitrogens is 2. The van der Waals surface area contributed by atoms with E-state index in [4.69, 9.17) is 4.74 Å². The molecule has 1 saturated heterocycles. The van der Waals surface area contributed by atoms with Gasteiger partial charge in [0.15, 0.2) is 5.82 Å². The van der Waals surface area contributed by atoms with E-state index < -0.39 is 0 Å². The van der Waals surface area contributed by atoms with Gasteiger partial charge >= 0.3 is 0 Å². The summed E-state index contributed by atoms with van der Waals surface area (Å²) in [6.45, 7) is 4.48. The van der Waals surface area contributed by atoms with Gasteiger partial charge in [-0.2, -0.15) is 0 Å². The van der Waals surface area contributed by atoms with Crippen LogP contribution in [0.2, 0.25) is 0 Å². The third kappa shape index (κ3) is 4.12. The quantitative estimate of drug-likeness (QED) is 0.864. The van der Waals surface area contributed by atoms with Crippen LogP contribution in [-0.4, -0.2) is 42.8 Å². The zero-order valence-corrected chi connectivity index (χ0v) is 15.4. The average Bonchev–Trinajstić information content (AvgIpc) is 2.72. The summed E-state index contributed by atoms with van der Waals surface area (Å²) >= 11 is 0. The number of amides is 1. The summed E-state index contributed by atoms with van der Waals surface area (Å²) < 4.78 is 5.39. The highest BCUT2D eigenvalue weighted by Gasteiger charge is 2.25. The Morgan fingerprint density at radius 2 is 1.96 bits per heavy atom. The normalized spacial score (nSPS) is 14.9. The number of hydrogen-bond acceptors (Lipinski definition) is 5. The van der Waals surface area contributed by atoms with Crippen LogP contribution in [0.3, 0.4) is 0 Å². The fourth-order valence-corrected chi connectivity index (χ4v) is 3.26. The number of para-hydroxylation sites is 1. The van der Waals surface area contributed by atoms with E-state index in [1.54, 1.807) is 7.11 Å². The van der Waals surface area contributed by atoms with Crippen LogP contribution in [0.15, 0.2) is 36.4 Å². The average molecular weight is 354 g/mol. The Morgan fingerprint density at radius 3 is 2.62 bits per heavy atom. The van der Waals surface area contributed by atoms with Gasteiger partial charge in [-0.15, -0.1) is 10.2 Å². The van der Waals surface area contributed by atoms with Gasteiger partial charge in [0.1, 0.15) is 5.75 Å². The number of anilines is 1. The summed E-state index contributed by atoms with van der Waals surface area (Å²) in [5.74, 6) is 1.94. The van der Waals surface area contributed by atoms with E-state index in [9.17, 15) is 4.79 Å².